The Morgan fingerprint density at radius 2 is 1.84 bits per heavy atom. The summed E-state index contributed by atoms with van der Waals surface area (Å²) in [5.74, 6) is 0.921. The molecule has 0 aromatic carbocycles. The lowest BCUT2D eigenvalue weighted by Gasteiger charge is -2.26. The van der Waals surface area contributed by atoms with Crippen LogP contribution in [0, 0.1) is 11.8 Å². The van der Waals surface area contributed by atoms with E-state index in [0.717, 1.165) is 18.8 Å². The van der Waals surface area contributed by atoms with Gasteiger partial charge >= 0.3 is 0 Å². The molecular weight excluding hydrogens is 238 g/mol. The van der Waals surface area contributed by atoms with Crippen LogP contribution in [0.5, 0.6) is 0 Å². The van der Waals surface area contributed by atoms with Crippen molar-refractivity contribution in [2.75, 3.05) is 25.5 Å². The smallest absolute Gasteiger partial charge is 0.272 e. The molecule has 1 aromatic rings. The van der Waals surface area contributed by atoms with Crippen molar-refractivity contribution in [3.05, 3.63) is 24.0 Å². The molecule has 4 nitrogen and oxygen atoms in total. The fourth-order valence-electron chi connectivity index (χ4n) is 1.99. The molecule has 0 aliphatic heterocycles. The number of aromatic nitrogens is 1. The fraction of sp³-hybridized carbons (Fsp3) is 0.600. The molecule has 0 saturated carbocycles. The Kier molecular flexibility index (Phi) is 5.80. The highest BCUT2D eigenvalue weighted by Crippen LogP contribution is 2.12. The number of anilines is 1. The van der Waals surface area contributed by atoms with E-state index in [4.69, 9.17) is 0 Å². The summed E-state index contributed by atoms with van der Waals surface area (Å²) in [6.45, 7) is 10.0. The predicted molar refractivity (Wildman–Crippen MR) is 79.4 cm³/mol. The Labute approximate surface area is 116 Å². The maximum absolute atomic E-state index is 12.5. The van der Waals surface area contributed by atoms with Crippen molar-refractivity contribution in [1.29, 1.82) is 0 Å². The zero-order valence-corrected chi connectivity index (χ0v) is 12.6. The van der Waals surface area contributed by atoms with Gasteiger partial charge in [0.2, 0.25) is 0 Å². The molecule has 4 heteroatoms. The number of nitrogens with zero attached hydrogens (tertiary/aromatic N) is 2. The molecule has 1 aromatic heterocycles. The first kappa shape index (κ1) is 15.5. The van der Waals surface area contributed by atoms with Crippen molar-refractivity contribution in [2.45, 2.75) is 27.7 Å². The summed E-state index contributed by atoms with van der Waals surface area (Å²) in [6, 6.07) is 3.65. The molecule has 0 aliphatic rings. The summed E-state index contributed by atoms with van der Waals surface area (Å²) in [5.41, 5.74) is 1.42. The van der Waals surface area contributed by atoms with Gasteiger partial charge in [-0.1, -0.05) is 27.7 Å². The van der Waals surface area contributed by atoms with Crippen molar-refractivity contribution in [2.24, 2.45) is 11.8 Å². The summed E-state index contributed by atoms with van der Waals surface area (Å²) in [5, 5.41) is 3.03. The van der Waals surface area contributed by atoms with Crippen molar-refractivity contribution < 1.29 is 4.79 Å². The van der Waals surface area contributed by atoms with E-state index in [1.165, 1.54) is 0 Å². The van der Waals surface area contributed by atoms with E-state index in [1.54, 1.807) is 12.3 Å². The summed E-state index contributed by atoms with van der Waals surface area (Å²) >= 11 is 0. The molecule has 1 amide bonds. The number of pyridine rings is 1. The minimum Gasteiger partial charge on any atom is -0.388 e. The van der Waals surface area contributed by atoms with Crippen LogP contribution in [0.2, 0.25) is 0 Å². The second kappa shape index (κ2) is 7.12. The zero-order valence-electron chi connectivity index (χ0n) is 12.6. The summed E-state index contributed by atoms with van der Waals surface area (Å²) < 4.78 is 0. The first-order chi connectivity index (χ1) is 8.93. The Bertz CT molecular complexity index is 406. The van der Waals surface area contributed by atoms with E-state index in [2.05, 4.69) is 38.0 Å². The first-order valence-corrected chi connectivity index (χ1v) is 6.87. The van der Waals surface area contributed by atoms with E-state index in [9.17, 15) is 4.79 Å². The van der Waals surface area contributed by atoms with Gasteiger partial charge in [-0.15, -0.1) is 0 Å². The highest BCUT2D eigenvalue weighted by Gasteiger charge is 2.19. The maximum atomic E-state index is 12.5. The van der Waals surface area contributed by atoms with Gasteiger partial charge in [-0.2, -0.15) is 0 Å². The lowest BCUT2D eigenvalue weighted by atomic mass is 10.1. The molecule has 0 saturated heterocycles. The average Bonchev–Trinajstić information content (AvgIpc) is 2.36. The van der Waals surface area contributed by atoms with Crippen LogP contribution in [-0.4, -0.2) is 35.9 Å². The third-order valence-corrected chi connectivity index (χ3v) is 2.73. The molecule has 0 fully saturated rings. The summed E-state index contributed by atoms with van der Waals surface area (Å²) in [7, 11) is 1.84. The van der Waals surface area contributed by atoms with Gasteiger partial charge in [0.05, 0.1) is 0 Å². The van der Waals surface area contributed by atoms with Crippen molar-refractivity contribution in [3.63, 3.8) is 0 Å². The number of carbonyl (C=O) groups excluding carboxylic acids is 1. The van der Waals surface area contributed by atoms with Gasteiger partial charge in [0.25, 0.3) is 5.91 Å². The van der Waals surface area contributed by atoms with Gasteiger partial charge in [-0.3, -0.25) is 9.78 Å². The van der Waals surface area contributed by atoms with Gasteiger partial charge in [-0.05, 0) is 24.0 Å². The van der Waals surface area contributed by atoms with E-state index in [1.807, 2.05) is 18.0 Å². The molecule has 1 heterocycles. The summed E-state index contributed by atoms with van der Waals surface area (Å²) in [4.78, 5) is 18.6. The number of hydrogen-bond acceptors (Lipinski definition) is 3. The number of amides is 1. The molecule has 0 bridgehead atoms. The molecular formula is C15H25N3O. The number of carbonyl (C=O) groups is 1. The second-order valence-electron chi connectivity index (χ2n) is 5.68. The minimum atomic E-state index is 0.0134. The van der Waals surface area contributed by atoms with E-state index in [0.29, 0.717) is 17.5 Å². The van der Waals surface area contributed by atoms with Gasteiger partial charge in [0.15, 0.2) is 0 Å². The zero-order chi connectivity index (χ0) is 14.4. The molecule has 106 valence electrons. The van der Waals surface area contributed by atoms with Crippen LogP contribution in [0.25, 0.3) is 0 Å². The van der Waals surface area contributed by atoms with E-state index >= 15 is 0 Å². The van der Waals surface area contributed by atoms with Gasteiger partial charge in [-0.25, -0.2) is 0 Å². The van der Waals surface area contributed by atoms with Crippen molar-refractivity contribution in [3.8, 4) is 0 Å². The van der Waals surface area contributed by atoms with Crippen LogP contribution >= 0.6 is 0 Å². The number of nitrogens with one attached hydrogen (secondary N) is 1. The fourth-order valence-corrected chi connectivity index (χ4v) is 1.99. The molecule has 19 heavy (non-hydrogen) atoms. The monoisotopic (exact) mass is 263 g/mol. The SMILES string of the molecule is CNc1ccnc(C(=O)N(CC(C)C)CC(C)C)c1. The Balaban J connectivity index is 2.90. The maximum Gasteiger partial charge on any atom is 0.272 e. The highest BCUT2D eigenvalue weighted by atomic mass is 16.2. The molecule has 1 rings (SSSR count). The van der Waals surface area contributed by atoms with Crippen LogP contribution < -0.4 is 5.32 Å². The van der Waals surface area contributed by atoms with Crippen molar-refractivity contribution >= 4 is 11.6 Å². The Hall–Kier alpha value is -1.58. The second-order valence-corrected chi connectivity index (χ2v) is 5.68. The largest absolute Gasteiger partial charge is 0.388 e. The Morgan fingerprint density at radius 1 is 1.26 bits per heavy atom. The van der Waals surface area contributed by atoms with Gasteiger partial charge < -0.3 is 10.2 Å². The van der Waals surface area contributed by atoms with Crippen LogP contribution in [0.1, 0.15) is 38.2 Å². The van der Waals surface area contributed by atoms with Gasteiger partial charge in [0.1, 0.15) is 5.69 Å². The lowest BCUT2D eigenvalue weighted by molar-refractivity contribution is 0.0709. The van der Waals surface area contributed by atoms with Gasteiger partial charge in [0, 0.05) is 32.0 Å². The standard InChI is InChI=1S/C15H25N3O/c1-11(2)9-18(10-12(3)4)15(19)14-8-13(16-5)6-7-17-14/h6-8,11-12H,9-10H2,1-5H3,(H,16,17). The van der Waals surface area contributed by atoms with E-state index < -0.39 is 0 Å². The molecule has 0 aliphatic carbocycles. The molecule has 0 spiro atoms. The topological polar surface area (TPSA) is 45.2 Å². The Morgan fingerprint density at radius 3 is 2.32 bits per heavy atom. The normalized spacial score (nSPS) is 10.9. The predicted octanol–water partition coefficient (Wildman–Crippen LogP) is 2.88. The van der Waals surface area contributed by atoms with Crippen LogP contribution in [-0.2, 0) is 0 Å². The molecule has 0 unspecified atom stereocenters. The van der Waals surface area contributed by atoms with Crippen molar-refractivity contribution in [1.82, 2.24) is 9.88 Å². The highest BCUT2D eigenvalue weighted by molar-refractivity contribution is 5.93. The lowest BCUT2D eigenvalue weighted by Crippen LogP contribution is -2.37. The first-order valence-electron chi connectivity index (χ1n) is 6.87. The third kappa shape index (κ3) is 4.89. The van der Waals surface area contributed by atoms with Crippen LogP contribution in [0.3, 0.4) is 0 Å². The summed E-state index contributed by atoms with van der Waals surface area (Å²) in [6.07, 6.45) is 1.67. The third-order valence-electron chi connectivity index (χ3n) is 2.73. The van der Waals surface area contributed by atoms with Crippen LogP contribution in [0.4, 0.5) is 5.69 Å². The average molecular weight is 263 g/mol. The molecule has 1 N–H and O–H groups in total. The molecule has 0 atom stereocenters. The van der Waals surface area contributed by atoms with E-state index in [-0.39, 0.29) is 5.91 Å². The molecule has 0 radical (unpaired) electrons. The minimum absolute atomic E-state index is 0.0134. The number of hydrogen-bond donors (Lipinski definition) is 1. The number of rotatable bonds is 6. The van der Waals surface area contributed by atoms with Crippen LogP contribution in [0.15, 0.2) is 18.3 Å². The quantitative estimate of drug-likeness (QED) is 0.858.